The van der Waals surface area contributed by atoms with Crippen molar-refractivity contribution < 1.29 is 8.42 Å². The van der Waals surface area contributed by atoms with E-state index in [0.717, 1.165) is 10.8 Å². The first-order valence-corrected chi connectivity index (χ1v) is 9.51. The van der Waals surface area contributed by atoms with Crippen LogP contribution in [0.5, 0.6) is 0 Å². The molecule has 0 spiro atoms. The third kappa shape index (κ3) is 3.61. The standard InChI is InChI=1S/C18H18ClN3O2S/c1-22(2)25(23,24)16-10-6-4-8-14(16)12-20-17-11-13-7-3-5-9-15(13)18(19)21-17/h3-11H,12H2,1-2H3,(H,20,21). The molecule has 2 aromatic carbocycles. The van der Waals surface area contributed by atoms with Crippen LogP contribution in [0.25, 0.3) is 10.8 Å². The topological polar surface area (TPSA) is 62.3 Å². The minimum absolute atomic E-state index is 0.277. The maximum Gasteiger partial charge on any atom is 0.242 e. The van der Waals surface area contributed by atoms with Crippen LogP contribution in [-0.4, -0.2) is 31.8 Å². The van der Waals surface area contributed by atoms with Crippen molar-refractivity contribution in [2.45, 2.75) is 11.4 Å². The van der Waals surface area contributed by atoms with Crippen molar-refractivity contribution >= 4 is 38.2 Å². The smallest absolute Gasteiger partial charge is 0.242 e. The summed E-state index contributed by atoms with van der Waals surface area (Å²) in [4.78, 5) is 4.62. The van der Waals surface area contributed by atoms with Gasteiger partial charge in [-0.3, -0.25) is 0 Å². The molecular formula is C18H18ClN3O2S. The van der Waals surface area contributed by atoms with Crippen molar-refractivity contribution in [3.05, 3.63) is 65.3 Å². The highest BCUT2D eigenvalue weighted by Gasteiger charge is 2.20. The predicted octanol–water partition coefficient (Wildman–Crippen LogP) is 3.75. The van der Waals surface area contributed by atoms with Gasteiger partial charge < -0.3 is 5.32 Å². The summed E-state index contributed by atoms with van der Waals surface area (Å²) < 4.78 is 26.1. The molecular weight excluding hydrogens is 358 g/mol. The number of benzene rings is 2. The Morgan fingerprint density at radius 1 is 1.08 bits per heavy atom. The van der Waals surface area contributed by atoms with Crippen molar-refractivity contribution in [3.8, 4) is 0 Å². The number of nitrogens with one attached hydrogen (secondary N) is 1. The highest BCUT2D eigenvalue weighted by atomic mass is 35.5. The van der Waals surface area contributed by atoms with E-state index in [1.54, 1.807) is 18.2 Å². The summed E-state index contributed by atoms with van der Waals surface area (Å²) in [6, 6.07) is 16.5. The van der Waals surface area contributed by atoms with Gasteiger partial charge >= 0.3 is 0 Å². The fourth-order valence-electron chi connectivity index (χ4n) is 2.53. The van der Waals surface area contributed by atoms with E-state index in [-0.39, 0.29) is 4.90 Å². The van der Waals surface area contributed by atoms with Gasteiger partial charge in [-0.2, -0.15) is 0 Å². The van der Waals surface area contributed by atoms with Crippen LogP contribution in [0.15, 0.2) is 59.5 Å². The van der Waals surface area contributed by atoms with Gasteiger partial charge in [0.15, 0.2) is 0 Å². The van der Waals surface area contributed by atoms with Crippen molar-refractivity contribution in [2.75, 3.05) is 19.4 Å². The molecule has 130 valence electrons. The number of rotatable bonds is 5. The monoisotopic (exact) mass is 375 g/mol. The van der Waals surface area contributed by atoms with Gasteiger partial charge in [0, 0.05) is 26.0 Å². The molecule has 1 aromatic heterocycles. The minimum Gasteiger partial charge on any atom is -0.366 e. The molecule has 0 radical (unpaired) electrons. The maximum atomic E-state index is 12.5. The first-order chi connectivity index (χ1) is 11.9. The van der Waals surface area contributed by atoms with E-state index in [1.807, 2.05) is 36.4 Å². The highest BCUT2D eigenvalue weighted by Crippen LogP contribution is 2.25. The molecule has 0 saturated carbocycles. The van der Waals surface area contributed by atoms with Crippen LogP contribution in [-0.2, 0) is 16.6 Å². The lowest BCUT2D eigenvalue weighted by molar-refractivity contribution is 0.520. The van der Waals surface area contributed by atoms with Crippen LogP contribution in [0.3, 0.4) is 0 Å². The van der Waals surface area contributed by atoms with E-state index in [0.29, 0.717) is 23.1 Å². The van der Waals surface area contributed by atoms with E-state index in [1.165, 1.54) is 18.4 Å². The van der Waals surface area contributed by atoms with Crippen LogP contribution < -0.4 is 5.32 Å². The van der Waals surface area contributed by atoms with Gasteiger partial charge in [-0.15, -0.1) is 0 Å². The van der Waals surface area contributed by atoms with Gasteiger partial charge in [-0.25, -0.2) is 17.7 Å². The van der Waals surface area contributed by atoms with Gasteiger partial charge in [0.1, 0.15) is 11.0 Å². The molecule has 7 heteroatoms. The average Bonchev–Trinajstić information content (AvgIpc) is 2.60. The summed E-state index contributed by atoms with van der Waals surface area (Å²) in [6.07, 6.45) is 0. The molecule has 1 heterocycles. The maximum absolute atomic E-state index is 12.5. The number of fused-ring (bicyclic) bond motifs is 1. The average molecular weight is 376 g/mol. The molecule has 3 rings (SSSR count). The van der Waals surface area contributed by atoms with E-state index in [9.17, 15) is 8.42 Å². The van der Waals surface area contributed by atoms with Gasteiger partial charge in [-0.05, 0) is 23.1 Å². The van der Waals surface area contributed by atoms with E-state index < -0.39 is 10.0 Å². The fourth-order valence-corrected chi connectivity index (χ4v) is 3.91. The summed E-state index contributed by atoms with van der Waals surface area (Å²) in [7, 11) is -0.472. The molecule has 25 heavy (non-hydrogen) atoms. The zero-order valence-electron chi connectivity index (χ0n) is 13.9. The van der Waals surface area contributed by atoms with Crippen LogP contribution in [0.2, 0.25) is 5.15 Å². The number of hydrogen-bond donors (Lipinski definition) is 1. The largest absolute Gasteiger partial charge is 0.366 e. The quantitative estimate of drug-likeness (QED) is 0.690. The summed E-state index contributed by atoms with van der Waals surface area (Å²) >= 11 is 6.24. The Morgan fingerprint density at radius 3 is 2.52 bits per heavy atom. The van der Waals surface area contributed by atoms with E-state index >= 15 is 0 Å². The molecule has 0 saturated heterocycles. The molecule has 0 unspecified atom stereocenters. The van der Waals surface area contributed by atoms with Gasteiger partial charge in [0.05, 0.1) is 4.90 Å². The van der Waals surface area contributed by atoms with Gasteiger partial charge in [0.25, 0.3) is 0 Å². The molecule has 5 nitrogen and oxygen atoms in total. The van der Waals surface area contributed by atoms with Crippen LogP contribution >= 0.6 is 11.6 Å². The Labute approximate surface area is 152 Å². The van der Waals surface area contributed by atoms with Gasteiger partial charge in [0.2, 0.25) is 10.0 Å². The fraction of sp³-hybridized carbons (Fsp3) is 0.167. The highest BCUT2D eigenvalue weighted by molar-refractivity contribution is 7.89. The van der Waals surface area contributed by atoms with Crippen molar-refractivity contribution in [3.63, 3.8) is 0 Å². The zero-order valence-corrected chi connectivity index (χ0v) is 15.5. The second-order valence-corrected chi connectivity index (χ2v) is 8.25. The molecule has 0 aliphatic rings. The normalized spacial score (nSPS) is 11.8. The van der Waals surface area contributed by atoms with Crippen LogP contribution in [0.4, 0.5) is 5.82 Å². The van der Waals surface area contributed by atoms with Crippen LogP contribution in [0.1, 0.15) is 5.56 Å². The number of halogens is 1. The number of aromatic nitrogens is 1. The molecule has 1 N–H and O–H groups in total. The Hall–Kier alpha value is -2.15. The molecule has 0 aliphatic heterocycles. The third-order valence-electron chi connectivity index (χ3n) is 3.89. The first kappa shape index (κ1) is 17.7. The van der Waals surface area contributed by atoms with Crippen molar-refractivity contribution in [2.24, 2.45) is 0 Å². The lowest BCUT2D eigenvalue weighted by Crippen LogP contribution is -2.23. The molecule has 0 aliphatic carbocycles. The van der Waals surface area contributed by atoms with Crippen LogP contribution in [0, 0.1) is 0 Å². The number of nitrogens with zero attached hydrogens (tertiary/aromatic N) is 2. The molecule has 3 aromatic rings. The van der Waals surface area contributed by atoms with E-state index in [2.05, 4.69) is 10.3 Å². The SMILES string of the molecule is CN(C)S(=O)(=O)c1ccccc1CNc1cc2ccccc2c(Cl)n1. The second kappa shape index (κ2) is 7.00. The predicted molar refractivity (Wildman–Crippen MR) is 101 cm³/mol. The Kier molecular flexibility index (Phi) is 4.94. The van der Waals surface area contributed by atoms with Gasteiger partial charge in [-0.1, -0.05) is 54.1 Å². The molecule has 0 fully saturated rings. The summed E-state index contributed by atoms with van der Waals surface area (Å²) in [6.45, 7) is 0.324. The summed E-state index contributed by atoms with van der Waals surface area (Å²) in [5.41, 5.74) is 0.669. The Balaban J connectivity index is 1.91. The number of pyridine rings is 1. The summed E-state index contributed by atoms with van der Waals surface area (Å²) in [5, 5.41) is 5.43. The molecule has 0 bridgehead atoms. The molecule has 0 amide bonds. The lowest BCUT2D eigenvalue weighted by atomic mass is 10.2. The first-order valence-electron chi connectivity index (χ1n) is 7.69. The minimum atomic E-state index is -3.51. The molecule has 0 atom stereocenters. The van der Waals surface area contributed by atoms with Crippen molar-refractivity contribution in [1.29, 1.82) is 0 Å². The second-order valence-electron chi connectivity index (χ2n) is 5.77. The Morgan fingerprint density at radius 2 is 1.76 bits per heavy atom. The summed E-state index contributed by atoms with van der Waals surface area (Å²) in [5.74, 6) is 0.598. The van der Waals surface area contributed by atoms with Crippen molar-refractivity contribution in [1.82, 2.24) is 9.29 Å². The number of sulfonamides is 1. The Bertz CT molecular complexity index is 1020. The van der Waals surface area contributed by atoms with E-state index in [4.69, 9.17) is 11.6 Å². The lowest BCUT2D eigenvalue weighted by Gasteiger charge is -2.16. The third-order valence-corrected chi connectivity index (χ3v) is 6.09. The number of hydrogen-bond acceptors (Lipinski definition) is 4. The number of anilines is 1. The zero-order chi connectivity index (χ0) is 18.0.